The lowest BCUT2D eigenvalue weighted by Crippen LogP contribution is -2.48. The highest BCUT2D eigenvalue weighted by molar-refractivity contribution is 5.81. The van der Waals surface area contributed by atoms with E-state index in [9.17, 15) is 9.59 Å². The molecule has 0 aromatic heterocycles. The molecule has 3 heterocycles. The molecule has 2 amide bonds. The van der Waals surface area contributed by atoms with Crippen molar-refractivity contribution in [1.29, 1.82) is 0 Å². The highest BCUT2D eigenvalue weighted by Crippen LogP contribution is 2.29. The lowest BCUT2D eigenvalue weighted by Gasteiger charge is -2.37. The first kappa shape index (κ1) is 19.6. The van der Waals surface area contributed by atoms with Crippen LogP contribution in [-0.4, -0.2) is 78.9 Å². The minimum absolute atomic E-state index is 0.108. The lowest BCUT2D eigenvalue weighted by molar-refractivity contribution is -0.142. The molecular weight excluding hydrogens is 328 g/mol. The number of carbonyl (C=O) groups is 2. The minimum Gasteiger partial charge on any atom is -0.342 e. The number of nitrogens with two attached hydrogens (primary N) is 1. The average molecular weight is 365 g/mol. The second kappa shape index (κ2) is 8.26. The Kier molecular flexibility index (Phi) is 6.23. The summed E-state index contributed by atoms with van der Waals surface area (Å²) in [5.74, 6) is 1.26. The Morgan fingerprint density at radius 1 is 1.08 bits per heavy atom. The molecule has 3 rings (SSSR count). The van der Waals surface area contributed by atoms with Gasteiger partial charge in [0.15, 0.2) is 0 Å². The van der Waals surface area contributed by atoms with Gasteiger partial charge in [-0.2, -0.15) is 0 Å². The van der Waals surface area contributed by atoms with E-state index < -0.39 is 0 Å². The number of rotatable bonds is 4. The fourth-order valence-electron chi connectivity index (χ4n) is 4.74. The van der Waals surface area contributed by atoms with E-state index in [1.165, 1.54) is 6.42 Å². The summed E-state index contributed by atoms with van der Waals surface area (Å²) in [5, 5.41) is 0. The Morgan fingerprint density at radius 2 is 1.81 bits per heavy atom. The molecule has 0 aromatic rings. The summed E-state index contributed by atoms with van der Waals surface area (Å²) in [7, 11) is 0. The molecule has 3 fully saturated rings. The first-order chi connectivity index (χ1) is 12.4. The maximum Gasteiger partial charge on any atom is 0.236 e. The number of likely N-dealkylation sites (tertiary alicyclic amines) is 3. The van der Waals surface area contributed by atoms with Crippen molar-refractivity contribution < 1.29 is 9.59 Å². The van der Waals surface area contributed by atoms with Crippen molar-refractivity contribution in [3.8, 4) is 0 Å². The van der Waals surface area contributed by atoms with Gasteiger partial charge in [-0.3, -0.25) is 14.5 Å². The van der Waals surface area contributed by atoms with E-state index in [1.807, 2.05) is 4.90 Å². The Labute approximate surface area is 158 Å². The molecule has 3 aliphatic heterocycles. The average Bonchev–Trinajstić information content (AvgIpc) is 3.02. The molecule has 0 radical (unpaired) electrons. The van der Waals surface area contributed by atoms with Gasteiger partial charge in [0, 0.05) is 38.6 Å². The van der Waals surface area contributed by atoms with Gasteiger partial charge in [0.25, 0.3) is 0 Å². The van der Waals surface area contributed by atoms with Crippen LogP contribution in [0.1, 0.15) is 46.0 Å². The first-order valence-electron chi connectivity index (χ1n) is 10.4. The minimum atomic E-state index is 0.108. The smallest absolute Gasteiger partial charge is 0.236 e. The van der Waals surface area contributed by atoms with Crippen LogP contribution in [0, 0.1) is 17.3 Å². The largest absolute Gasteiger partial charge is 0.342 e. The van der Waals surface area contributed by atoms with Crippen LogP contribution in [0.3, 0.4) is 0 Å². The molecule has 0 spiro atoms. The molecule has 6 nitrogen and oxygen atoms in total. The molecule has 6 heteroatoms. The summed E-state index contributed by atoms with van der Waals surface area (Å²) < 4.78 is 0. The van der Waals surface area contributed by atoms with Crippen LogP contribution in [0.5, 0.6) is 0 Å². The van der Waals surface area contributed by atoms with Gasteiger partial charge in [0.05, 0.1) is 6.54 Å². The predicted molar refractivity (Wildman–Crippen MR) is 103 cm³/mol. The normalized spacial score (nSPS) is 31.4. The van der Waals surface area contributed by atoms with Crippen molar-refractivity contribution >= 4 is 11.8 Å². The van der Waals surface area contributed by atoms with Crippen LogP contribution in [-0.2, 0) is 9.59 Å². The third-order valence-corrected chi connectivity index (χ3v) is 6.65. The Hall–Kier alpha value is -1.14. The second-order valence-corrected chi connectivity index (χ2v) is 9.16. The zero-order valence-corrected chi connectivity index (χ0v) is 16.6. The quantitative estimate of drug-likeness (QED) is 0.813. The fraction of sp³-hybridized carbons (Fsp3) is 0.900. The Bertz CT molecular complexity index is 518. The third kappa shape index (κ3) is 4.58. The highest BCUT2D eigenvalue weighted by Gasteiger charge is 2.35. The molecule has 148 valence electrons. The molecule has 0 aromatic carbocycles. The molecule has 26 heavy (non-hydrogen) atoms. The summed E-state index contributed by atoms with van der Waals surface area (Å²) in [6.45, 7) is 10.8. The zero-order chi connectivity index (χ0) is 18.7. The highest BCUT2D eigenvalue weighted by atomic mass is 16.2. The van der Waals surface area contributed by atoms with Crippen molar-refractivity contribution in [1.82, 2.24) is 14.7 Å². The van der Waals surface area contributed by atoms with Gasteiger partial charge >= 0.3 is 0 Å². The predicted octanol–water partition coefficient (Wildman–Crippen LogP) is 1.15. The fourth-order valence-corrected chi connectivity index (χ4v) is 4.74. The van der Waals surface area contributed by atoms with Crippen LogP contribution in [0.25, 0.3) is 0 Å². The molecule has 0 aliphatic carbocycles. The molecule has 3 saturated heterocycles. The van der Waals surface area contributed by atoms with Crippen LogP contribution in [0.4, 0.5) is 0 Å². The van der Waals surface area contributed by atoms with Crippen LogP contribution >= 0.6 is 0 Å². The lowest BCUT2D eigenvalue weighted by atomic mass is 9.90. The monoisotopic (exact) mass is 364 g/mol. The van der Waals surface area contributed by atoms with Crippen molar-refractivity contribution in [2.45, 2.75) is 46.0 Å². The van der Waals surface area contributed by atoms with Gasteiger partial charge < -0.3 is 15.5 Å². The van der Waals surface area contributed by atoms with E-state index in [1.54, 1.807) is 0 Å². The number of carbonyl (C=O) groups excluding carboxylic acids is 2. The van der Waals surface area contributed by atoms with E-state index in [2.05, 4.69) is 23.6 Å². The van der Waals surface area contributed by atoms with E-state index in [0.29, 0.717) is 24.9 Å². The molecule has 2 atom stereocenters. The first-order valence-corrected chi connectivity index (χ1v) is 10.4. The Morgan fingerprint density at radius 3 is 2.42 bits per heavy atom. The molecule has 2 unspecified atom stereocenters. The van der Waals surface area contributed by atoms with Crippen LogP contribution in [0.15, 0.2) is 0 Å². The third-order valence-electron chi connectivity index (χ3n) is 6.65. The molecular formula is C20H36N4O2. The summed E-state index contributed by atoms with van der Waals surface area (Å²) in [4.78, 5) is 31.7. The van der Waals surface area contributed by atoms with E-state index in [4.69, 9.17) is 5.73 Å². The van der Waals surface area contributed by atoms with Gasteiger partial charge in [-0.15, -0.1) is 0 Å². The van der Waals surface area contributed by atoms with Crippen LogP contribution in [0.2, 0.25) is 0 Å². The summed E-state index contributed by atoms with van der Waals surface area (Å²) in [6, 6.07) is 0. The zero-order valence-electron chi connectivity index (χ0n) is 16.6. The van der Waals surface area contributed by atoms with Gasteiger partial charge in [0.1, 0.15) is 0 Å². The summed E-state index contributed by atoms with van der Waals surface area (Å²) in [6.07, 6.45) is 5.06. The van der Waals surface area contributed by atoms with Gasteiger partial charge in [-0.05, 0) is 56.5 Å². The van der Waals surface area contributed by atoms with Crippen molar-refractivity contribution in [3.63, 3.8) is 0 Å². The van der Waals surface area contributed by atoms with Crippen LogP contribution < -0.4 is 5.73 Å². The maximum atomic E-state index is 12.8. The summed E-state index contributed by atoms with van der Waals surface area (Å²) in [5.41, 5.74) is 6.02. The van der Waals surface area contributed by atoms with Crippen molar-refractivity contribution in [3.05, 3.63) is 0 Å². The number of piperidine rings is 2. The number of nitrogens with zero attached hydrogens (tertiary/aromatic N) is 3. The standard InChI is InChI=1S/C20H36N4O2/c1-16-4-3-8-24(12-16)19(26)17-5-9-23(10-6-17)18(25)13-22-11-7-20(2,14-21)15-22/h16-17H,3-15,21H2,1-2H3. The molecule has 0 bridgehead atoms. The SMILES string of the molecule is CC1CCCN(C(=O)C2CCN(C(=O)CN3CCC(C)(CN)C3)CC2)C1. The number of amides is 2. The van der Waals surface area contributed by atoms with Gasteiger partial charge in [-0.25, -0.2) is 0 Å². The van der Waals surface area contributed by atoms with Crippen molar-refractivity contribution in [2.75, 3.05) is 52.4 Å². The number of hydrogen-bond acceptors (Lipinski definition) is 4. The van der Waals surface area contributed by atoms with Gasteiger partial charge in [-0.1, -0.05) is 13.8 Å². The molecule has 2 N–H and O–H groups in total. The number of hydrogen-bond donors (Lipinski definition) is 1. The molecule has 3 aliphatic rings. The summed E-state index contributed by atoms with van der Waals surface area (Å²) >= 11 is 0. The second-order valence-electron chi connectivity index (χ2n) is 9.16. The Balaban J connectivity index is 1.43. The molecule has 0 saturated carbocycles. The van der Waals surface area contributed by atoms with E-state index in [0.717, 1.165) is 65.0 Å². The van der Waals surface area contributed by atoms with E-state index >= 15 is 0 Å². The maximum absolute atomic E-state index is 12.8. The van der Waals surface area contributed by atoms with Crippen molar-refractivity contribution in [2.24, 2.45) is 23.0 Å². The topological polar surface area (TPSA) is 69.9 Å². The van der Waals surface area contributed by atoms with Gasteiger partial charge in [0.2, 0.25) is 11.8 Å². The van der Waals surface area contributed by atoms with E-state index in [-0.39, 0.29) is 17.2 Å².